The van der Waals surface area contributed by atoms with Crippen LogP contribution >= 0.6 is 9.24 Å². The van der Waals surface area contributed by atoms with Crippen molar-refractivity contribution >= 4 is 26.1 Å². The maximum absolute atomic E-state index is 12.7. The standard InChI is InChI=1S/C19H23N4OP/c1-11-4-6-14(20-3)17-16(11)18(23-10-22-17)19(24)21-9-13-5-7-15(25)12(2)8-13/h5-8,10-11,20H,4,9,25H2,1-3H3,(H,21,24). The van der Waals surface area contributed by atoms with Gasteiger partial charge in [0.05, 0.1) is 11.4 Å². The summed E-state index contributed by atoms with van der Waals surface area (Å²) in [5, 5.41) is 7.31. The van der Waals surface area contributed by atoms with Gasteiger partial charge in [-0.3, -0.25) is 4.79 Å². The van der Waals surface area contributed by atoms with E-state index < -0.39 is 0 Å². The Hall–Kier alpha value is -2.26. The molecule has 1 aromatic heterocycles. The monoisotopic (exact) mass is 354 g/mol. The Morgan fingerprint density at radius 2 is 2.16 bits per heavy atom. The van der Waals surface area contributed by atoms with Crippen molar-refractivity contribution in [2.24, 2.45) is 0 Å². The Bertz CT molecular complexity index is 847. The van der Waals surface area contributed by atoms with Crippen molar-refractivity contribution in [3.63, 3.8) is 0 Å². The van der Waals surface area contributed by atoms with Crippen LogP contribution in [-0.4, -0.2) is 22.9 Å². The first kappa shape index (κ1) is 17.6. The van der Waals surface area contributed by atoms with Crippen molar-refractivity contribution < 1.29 is 4.79 Å². The van der Waals surface area contributed by atoms with Gasteiger partial charge in [0.2, 0.25) is 0 Å². The number of hydrogen-bond acceptors (Lipinski definition) is 4. The number of benzene rings is 1. The van der Waals surface area contributed by atoms with E-state index >= 15 is 0 Å². The molecule has 1 aliphatic rings. The molecule has 0 saturated heterocycles. The third kappa shape index (κ3) is 3.57. The number of aryl methyl sites for hydroxylation is 1. The van der Waals surface area contributed by atoms with E-state index in [4.69, 9.17) is 0 Å². The van der Waals surface area contributed by atoms with Crippen molar-refractivity contribution in [1.29, 1.82) is 0 Å². The quantitative estimate of drug-likeness (QED) is 0.827. The van der Waals surface area contributed by atoms with Crippen molar-refractivity contribution in [1.82, 2.24) is 20.6 Å². The van der Waals surface area contributed by atoms with Crippen molar-refractivity contribution in [2.45, 2.75) is 32.7 Å². The fourth-order valence-electron chi connectivity index (χ4n) is 3.10. The van der Waals surface area contributed by atoms with Gasteiger partial charge in [0.15, 0.2) is 0 Å². The second-order valence-electron chi connectivity index (χ2n) is 6.36. The molecule has 3 rings (SSSR count). The fraction of sp³-hybridized carbons (Fsp3) is 0.316. The number of carbonyl (C=O) groups excluding carboxylic acids is 1. The van der Waals surface area contributed by atoms with Gasteiger partial charge < -0.3 is 10.6 Å². The third-order valence-corrected chi connectivity index (χ3v) is 5.23. The number of nitrogens with zero attached hydrogens (tertiary/aromatic N) is 2. The summed E-state index contributed by atoms with van der Waals surface area (Å²) in [7, 11) is 4.57. The maximum Gasteiger partial charge on any atom is 0.270 e. The van der Waals surface area contributed by atoms with Gasteiger partial charge in [0, 0.05) is 19.2 Å². The van der Waals surface area contributed by atoms with E-state index in [-0.39, 0.29) is 11.8 Å². The van der Waals surface area contributed by atoms with Gasteiger partial charge in [-0.1, -0.05) is 31.2 Å². The number of hydrogen-bond donors (Lipinski definition) is 2. The average molecular weight is 354 g/mol. The molecule has 0 spiro atoms. The first-order valence-corrected chi connectivity index (χ1v) is 8.95. The highest BCUT2D eigenvalue weighted by Crippen LogP contribution is 2.33. The lowest BCUT2D eigenvalue weighted by molar-refractivity contribution is 0.0944. The van der Waals surface area contributed by atoms with Crippen LogP contribution in [0.1, 0.15) is 52.1 Å². The summed E-state index contributed by atoms with van der Waals surface area (Å²) in [6.45, 7) is 4.64. The molecular weight excluding hydrogens is 331 g/mol. The van der Waals surface area contributed by atoms with Crippen LogP contribution in [0.15, 0.2) is 30.6 Å². The number of rotatable bonds is 4. The molecule has 0 fully saturated rings. The van der Waals surface area contributed by atoms with Gasteiger partial charge >= 0.3 is 0 Å². The zero-order chi connectivity index (χ0) is 18.0. The number of carbonyl (C=O) groups is 1. The topological polar surface area (TPSA) is 66.9 Å². The summed E-state index contributed by atoms with van der Waals surface area (Å²) in [4.78, 5) is 21.4. The Labute approximate surface area is 150 Å². The van der Waals surface area contributed by atoms with E-state index in [0.29, 0.717) is 12.2 Å². The number of allylic oxidation sites excluding steroid dienone is 1. The van der Waals surface area contributed by atoms with Crippen molar-refractivity contribution in [3.8, 4) is 0 Å². The van der Waals surface area contributed by atoms with Crippen LogP contribution in [0, 0.1) is 6.92 Å². The summed E-state index contributed by atoms with van der Waals surface area (Å²) < 4.78 is 0. The van der Waals surface area contributed by atoms with E-state index in [2.05, 4.69) is 55.8 Å². The van der Waals surface area contributed by atoms with Gasteiger partial charge in [-0.25, -0.2) is 9.97 Å². The van der Waals surface area contributed by atoms with E-state index in [0.717, 1.165) is 28.9 Å². The second kappa shape index (κ2) is 7.32. The highest BCUT2D eigenvalue weighted by molar-refractivity contribution is 7.27. The summed E-state index contributed by atoms with van der Waals surface area (Å²) in [6, 6.07) is 6.15. The molecule has 0 aliphatic heterocycles. The van der Waals surface area contributed by atoms with Crippen LogP contribution in [0.5, 0.6) is 0 Å². The Kier molecular flexibility index (Phi) is 5.14. The molecule has 2 unspecified atom stereocenters. The van der Waals surface area contributed by atoms with Crippen LogP contribution in [-0.2, 0) is 6.54 Å². The molecule has 130 valence electrons. The molecule has 1 amide bonds. The minimum Gasteiger partial charge on any atom is -0.387 e. The van der Waals surface area contributed by atoms with Gasteiger partial charge in [-0.15, -0.1) is 9.24 Å². The van der Waals surface area contributed by atoms with Crippen LogP contribution < -0.4 is 15.9 Å². The van der Waals surface area contributed by atoms with Crippen LogP contribution in [0.2, 0.25) is 0 Å². The van der Waals surface area contributed by atoms with E-state index in [1.54, 1.807) is 0 Å². The lowest BCUT2D eigenvalue weighted by Crippen LogP contribution is -2.28. The lowest BCUT2D eigenvalue weighted by Gasteiger charge is -2.23. The highest BCUT2D eigenvalue weighted by Gasteiger charge is 2.26. The molecule has 2 N–H and O–H groups in total. The lowest BCUT2D eigenvalue weighted by atomic mass is 9.88. The minimum atomic E-state index is -0.157. The predicted molar refractivity (Wildman–Crippen MR) is 104 cm³/mol. The molecule has 25 heavy (non-hydrogen) atoms. The summed E-state index contributed by atoms with van der Waals surface area (Å²) in [5.74, 6) is 0.0585. The summed E-state index contributed by atoms with van der Waals surface area (Å²) >= 11 is 0. The maximum atomic E-state index is 12.7. The third-order valence-electron chi connectivity index (χ3n) is 4.58. The molecule has 0 radical (unpaired) electrons. The SMILES string of the molecule is CNC1=CCC(C)c2c(C(=O)NCc3ccc(P)c(C)c3)ncnc21. The molecule has 2 atom stereocenters. The molecule has 2 aromatic rings. The summed E-state index contributed by atoms with van der Waals surface area (Å²) in [6.07, 6.45) is 4.45. The Balaban J connectivity index is 1.83. The Morgan fingerprint density at radius 1 is 1.36 bits per heavy atom. The molecule has 5 nitrogen and oxygen atoms in total. The van der Waals surface area contributed by atoms with Gasteiger partial charge in [-0.2, -0.15) is 0 Å². The normalized spacial score (nSPS) is 16.0. The predicted octanol–water partition coefficient (Wildman–Crippen LogP) is 2.28. The molecular formula is C19H23N4OP. The smallest absolute Gasteiger partial charge is 0.270 e. The number of nitrogens with one attached hydrogen (secondary N) is 2. The van der Waals surface area contributed by atoms with Crippen LogP contribution in [0.4, 0.5) is 0 Å². The minimum absolute atomic E-state index is 0.157. The van der Waals surface area contributed by atoms with Crippen molar-refractivity contribution in [2.75, 3.05) is 7.05 Å². The van der Waals surface area contributed by atoms with Crippen molar-refractivity contribution in [3.05, 3.63) is 58.7 Å². The summed E-state index contributed by atoms with van der Waals surface area (Å²) in [5.41, 5.74) is 5.43. The van der Waals surface area contributed by atoms with Crippen LogP contribution in [0.3, 0.4) is 0 Å². The Morgan fingerprint density at radius 3 is 2.88 bits per heavy atom. The van der Waals surface area contributed by atoms with E-state index in [1.807, 2.05) is 19.2 Å². The van der Waals surface area contributed by atoms with Gasteiger partial charge in [0.25, 0.3) is 5.91 Å². The largest absolute Gasteiger partial charge is 0.387 e. The molecule has 0 bridgehead atoms. The van der Waals surface area contributed by atoms with Gasteiger partial charge in [0.1, 0.15) is 12.0 Å². The fourth-order valence-corrected chi connectivity index (χ4v) is 3.28. The second-order valence-corrected chi connectivity index (χ2v) is 6.98. The van der Waals surface area contributed by atoms with Crippen LogP contribution in [0.25, 0.3) is 5.70 Å². The highest BCUT2D eigenvalue weighted by atomic mass is 31.0. The van der Waals surface area contributed by atoms with E-state index in [9.17, 15) is 4.79 Å². The molecule has 1 aromatic carbocycles. The first-order valence-electron chi connectivity index (χ1n) is 8.37. The first-order chi connectivity index (χ1) is 12.0. The molecule has 1 aliphatic carbocycles. The zero-order valence-corrected chi connectivity index (χ0v) is 15.9. The molecule has 0 saturated carbocycles. The van der Waals surface area contributed by atoms with Gasteiger partial charge in [-0.05, 0) is 35.7 Å². The number of aromatic nitrogens is 2. The zero-order valence-electron chi connectivity index (χ0n) is 14.8. The number of fused-ring (bicyclic) bond motifs is 1. The number of amides is 1. The average Bonchev–Trinajstić information content (AvgIpc) is 2.62. The molecule has 1 heterocycles. The molecule has 6 heteroatoms. The van der Waals surface area contributed by atoms with E-state index in [1.165, 1.54) is 17.2 Å².